The van der Waals surface area contributed by atoms with E-state index >= 15 is 0 Å². The van der Waals surface area contributed by atoms with Crippen LogP contribution in [0.15, 0.2) is 29.3 Å². The quantitative estimate of drug-likeness (QED) is 0.822. The number of rotatable bonds is 4. The lowest BCUT2D eigenvalue weighted by Crippen LogP contribution is -2.45. The van der Waals surface area contributed by atoms with Crippen molar-refractivity contribution in [2.75, 3.05) is 26.2 Å². The Morgan fingerprint density at radius 2 is 2.16 bits per heavy atom. The van der Waals surface area contributed by atoms with Gasteiger partial charge in [0.15, 0.2) is 0 Å². The monoisotopic (exact) mass is 344 g/mol. The van der Waals surface area contributed by atoms with Gasteiger partial charge >= 0.3 is 0 Å². The fourth-order valence-electron chi connectivity index (χ4n) is 2.46. The number of aromatic hydroxyl groups is 1. The Morgan fingerprint density at radius 1 is 1.47 bits per heavy atom. The van der Waals surface area contributed by atoms with Gasteiger partial charge in [0.1, 0.15) is 5.75 Å². The van der Waals surface area contributed by atoms with Gasteiger partial charge in [-0.3, -0.25) is 4.90 Å². The number of nitrogens with one attached hydrogen (secondary N) is 1. The summed E-state index contributed by atoms with van der Waals surface area (Å²) in [7, 11) is 0. The fraction of sp³-hybridized carbons (Fsp3) is 0.429. The molecule has 0 radical (unpaired) electrons. The number of phenols is 1. The minimum Gasteiger partial charge on any atom is -0.506 e. The van der Waals surface area contributed by atoms with E-state index in [-0.39, 0.29) is 11.8 Å². The maximum Gasteiger partial charge on any atom is 0.139 e. The minimum atomic E-state index is 0.120. The molecule has 0 aliphatic carbocycles. The molecule has 1 aromatic carbocycles. The van der Waals surface area contributed by atoms with Crippen molar-refractivity contribution >= 4 is 27.5 Å². The van der Waals surface area contributed by atoms with Crippen molar-refractivity contribution in [1.29, 1.82) is 0 Å². The lowest BCUT2D eigenvalue weighted by Gasteiger charge is -2.35. The van der Waals surface area contributed by atoms with Crippen LogP contribution in [0.3, 0.4) is 0 Å². The molecule has 2 N–H and O–H groups in total. The van der Waals surface area contributed by atoms with Crippen LogP contribution >= 0.6 is 27.5 Å². The third-order valence-corrected chi connectivity index (χ3v) is 4.14. The Labute approximate surface area is 127 Å². The van der Waals surface area contributed by atoms with Gasteiger partial charge in [0.25, 0.3) is 0 Å². The molecule has 104 valence electrons. The van der Waals surface area contributed by atoms with E-state index in [1.165, 1.54) is 0 Å². The number of piperazine rings is 1. The molecule has 19 heavy (non-hydrogen) atoms. The molecule has 0 bridgehead atoms. The van der Waals surface area contributed by atoms with Gasteiger partial charge in [-0.05, 0) is 18.6 Å². The molecule has 0 saturated carbocycles. The summed E-state index contributed by atoms with van der Waals surface area (Å²) in [5.41, 5.74) is 0.862. The highest BCUT2D eigenvalue weighted by Gasteiger charge is 2.24. The summed E-state index contributed by atoms with van der Waals surface area (Å²) in [5.74, 6) is 0.176. The van der Waals surface area contributed by atoms with Crippen LogP contribution < -0.4 is 5.32 Å². The SMILES string of the molecule is C=CC[C@@H](c1cc(Br)cc(Cl)c1O)N1CCNCC1. The summed E-state index contributed by atoms with van der Waals surface area (Å²) in [6.45, 7) is 7.68. The summed E-state index contributed by atoms with van der Waals surface area (Å²) in [6, 6.07) is 3.77. The summed E-state index contributed by atoms with van der Waals surface area (Å²) in [5, 5.41) is 13.9. The largest absolute Gasteiger partial charge is 0.506 e. The highest BCUT2D eigenvalue weighted by molar-refractivity contribution is 9.10. The van der Waals surface area contributed by atoms with Crippen molar-refractivity contribution in [3.05, 3.63) is 39.8 Å². The molecule has 1 fully saturated rings. The van der Waals surface area contributed by atoms with Gasteiger partial charge in [0.05, 0.1) is 5.02 Å². The zero-order valence-corrected chi connectivity index (χ0v) is 13.0. The van der Waals surface area contributed by atoms with Crippen LogP contribution in [-0.2, 0) is 0 Å². The molecule has 3 nitrogen and oxygen atoms in total. The molecular formula is C14H18BrClN2O. The minimum absolute atomic E-state index is 0.120. The number of hydrogen-bond acceptors (Lipinski definition) is 3. The Morgan fingerprint density at radius 3 is 2.79 bits per heavy atom. The van der Waals surface area contributed by atoms with Crippen molar-refractivity contribution in [2.45, 2.75) is 12.5 Å². The van der Waals surface area contributed by atoms with E-state index in [1.54, 1.807) is 6.07 Å². The molecule has 1 saturated heterocycles. The van der Waals surface area contributed by atoms with Crippen molar-refractivity contribution in [2.24, 2.45) is 0 Å². The smallest absolute Gasteiger partial charge is 0.139 e. The average Bonchev–Trinajstić information content (AvgIpc) is 2.41. The first-order chi connectivity index (χ1) is 9.13. The Hall–Kier alpha value is -0.550. The van der Waals surface area contributed by atoms with Crippen LogP contribution in [-0.4, -0.2) is 36.2 Å². The maximum absolute atomic E-state index is 10.2. The predicted octanol–water partition coefficient (Wildman–Crippen LogP) is 3.33. The van der Waals surface area contributed by atoms with Crippen LogP contribution in [0.1, 0.15) is 18.0 Å². The highest BCUT2D eigenvalue weighted by Crippen LogP contribution is 2.38. The van der Waals surface area contributed by atoms with Crippen molar-refractivity contribution in [3.63, 3.8) is 0 Å². The van der Waals surface area contributed by atoms with E-state index in [2.05, 4.69) is 32.7 Å². The molecule has 5 heteroatoms. The fourth-order valence-corrected chi connectivity index (χ4v) is 3.30. The first-order valence-electron chi connectivity index (χ1n) is 6.37. The predicted molar refractivity (Wildman–Crippen MR) is 82.8 cm³/mol. The van der Waals surface area contributed by atoms with E-state index in [0.29, 0.717) is 5.02 Å². The van der Waals surface area contributed by atoms with E-state index in [1.807, 2.05) is 12.1 Å². The van der Waals surface area contributed by atoms with Gasteiger partial charge in [-0.25, -0.2) is 0 Å². The molecule has 0 spiro atoms. The summed E-state index contributed by atoms with van der Waals surface area (Å²) >= 11 is 9.50. The topological polar surface area (TPSA) is 35.5 Å². The molecule has 1 atom stereocenters. The van der Waals surface area contributed by atoms with Crippen molar-refractivity contribution in [3.8, 4) is 5.75 Å². The third kappa shape index (κ3) is 3.51. The van der Waals surface area contributed by atoms with Crippen LogP contribution in [0.2, 0.25) is 5.02 Å². The van der Waals surface area contributed by atoms with Crippen molar-refractivity contribution in [1.82, 2.24) is 10.2 Å². The van der Waals surface area contributed by atoms with Gasteiger partial charge in [0.2, 0.25) is 0 Å². The maximum atomic E-state index is 10.2. The lowest BCUT2D eigenvalue weighted by molar-refractivity contribution is 0.172. The lowest BCUT2D eigenvalue weighted by atomic mass is 10.00. The zero-order valence-electron chi connectivity index (χ0n) is 10.7. The average molecular weight is 346 g/mol. The summed E-state index contributed by atoms with van der Waals surface area (Å²) in [4.78, 5) is 2.36. The number of hydrogen-bond donors (Lipinski definition) is 2. The molecule has 1 aliphatic heterocycles. The van der Waals surface area contributed by atoms with Crippen LogP contribution in [0, 0.1) is 0 Å². The molecule has 1 aromatic rings. The number of nitrogens with zero attached hydrogens (tertiary/aromatic N) is 1. The molecule has 0 amide bonds. The molecule has 1 heterocycles. The molecular weight excluding hydrogens is 328 g/mol. The first-order valence-corrected chi connectivity index (χ1v) is 7.54. The third-order valence-electron chi connectivity index (χ3n) is 3.40. The number of halogens is 2. The van der Waals surface area contributed by atoms with Crippen molar-refractivity contribution < 1.29 is 5.11 Å². The van der Waals surface area contributed by atoms with E-state index in [0.717, 1.165) is 42.6 Å². The molecule has 1 aliphatic rings. The van der Waals surface area contributed by atoms with Gasteiger partial charge in [0, 0.05) is 42.3 Å². The van der Waals surface area contributed by atoms with E-state index in [4.69, 9.17) is 11.6 Å². The Kier molecular flexibility index (Phi) is 5.28. The van der Waals surface area contributed by atoms with Gasteiger partial charge in [-0.1, -0.05) is 33.6 Å². The van der Waals surface area contributed by atoms with Gasteiger partial charge in [-0.2, -0.15) is 0 Å². The van der Waals surface area contributed by atoms with E-state index in [9.17, 15) is 5.11 Å². The normalized spacial score (nSPS) is 18.2. The second-order valence-electron chi connectivity index (χ2n) is 4.65. The summed E-state index contributed by atoms with van der Waals surface area (Å²) < 4.78 is 0.884. The summed E-state index contributed by atoms with van der Waals surface area (Å²) in [6.07, 6.45) is 2.68. The number of benzene rings is 1. The molecule has 2 rings (SSSR count). The number of phenolic OH excluding ortho intramolecular Hbond substituents is 1. The molecule has 0 aromatic heterocycles. The standard InChI is InChI=1S/C14H18BrClN2O/c1-2-3-13(18-6-4-17-5-7-18)11-8-10(15)9-12(16)14(11)19/h2,8-9,13,17,19H,1,3-7H2/t13-/m0/s1. The zero-order chi connectivity index (χ0) is 13.8. The Bertz CT molecular complexity index is 461. The van der Waals surface area contributed by atoms with Crippen LogP contribution in [0.4, 0.5) is 0 Å². The molecule has 0 unspecified atom stereocenters. The second-order valence-corrected chi connectivity index (χ2v) is 5.97. The van der Waals surface area contributed by atoms with Gasteiger partial charge in [-0.15, -0.1) is 6.58 Å². The Balaban J connectivity index is 2.34. The van der Waals surface area contributed by atoms with E-state index < -0.39 is 0 Å². The second kappa shape index (κ2) is 6.75. The van der Waals surface area contributed by atoms with Crippen LogP contribution in [0.5, 0.6) is 5.75 Å². The van der Waals surface area contributed by atoms with Crippen LogP contribution in [0.25, 0.3) is 0 Å². The van der Waals surface area contributed by atoms with Gasteiger partial charge < -0.3 is 10.4 Å². The highest BCUT2D eigenvalue weighted by atomic mass is 79.9. The first kappa shape index (κ1) is 14.9.